The Kier molecular flexibility index (Phi) is 13.2. The summed E-state index contributed by atoms with van der Waals surface area (Å²) in [6.07, 6.45) is 19.2. The fourth-order valence-corrected chi connectivity index (χ4v) is 3.88. The predicted molar refractivity (Wildman–Crippen MR) is 138 cm³/mol. The summed E-state index contributed by atoms with van der Waals surface area (Å²) in [5.41, 5.74) is 12.8. The molecule has 0 amide bonds. The van der Waals surface area contributed by atoms with Crippen LogP contribution in [0.1, 0.15) is 96.8 Å². The van der Waals surface area contributed by atoms with Crippen molar-refractivity contribution in [1.29, 1.82) is 0 Å². The molecule has 0 unspecified atom stereocenters. The maximum atomic E-state index is 5.94. The molecule has 0 fully saturated rings. The highest BCUT2D eigenvalue weighted by Crippen LogP contribution is 2.30. The Labute approximate surface area is 195 Å². The SMILES string of the molecule is CCCCCCCCCCCCCCCCOc1ccc(Oc2ccc(N)cc2N)cc1. The molecule has 178 valence electrons. The Morgan fingerprint density at radius 2 is 1.09 bits per heavy atom. The summed E-state index contributed by atoms with van der Waals surface area (Å²) in [4.78, 5) is 0. The van der Waals surface area contributed by atoms with E-state index in [1.54, 1.807) is 18.2 Å². The zero-order chi connectivity index (χ0) is 22.9. The molecule has 0 spiro atoms. The zero-order valence-corrected chi connectivity index (χ0v) is 20.1. The number of hydrogen-bond donors (Lipinski definition) is 2. The van der Waals surface area contributed by atoms with E-state index >= 15 is 0 Å². The van der Waals surface area contributed by atoms with Crippen molar-refractivity contribution in [3.8, 4) is 17.2 Å². The maximum absolute atomic E-state index is 5.94. The highest BCUT2D eigenvalue weighted by molar-refractivity contribution is 5.61. The second kappa shape index (κ2) is 16.3. The Bertz CT molecular complexity index is 731. The molecule has 0 aliphatic rings. The molecule has 4 nitrogen and oxygen atoms in total. The van der Waals surface area contributed by atoms with E-state index in [0.29, 0.717) is 17.1 Å². The van der Waals surface area contributed by atoms with E-state index in [1.165, 1.54) is 83.5 Å². The first-order valence-electron chi connectivity index (χ1n) is 12.7. The number of rotatable bonds is 18. The Morgan fingerprint density at radius 1 is 0.594 bits per heavy atom. The Balaban J connectivity index is 1.44. The molecule has 4 heteroatoms. The molecular weight excluding hydrogens is 396 g/mol. The lowest BCUT2D eigenvalue weighted by Gasteiger charge is -2.10. The van der Waals surface area contributed by atoms with Crippen LogP contribution in [-0.2, 0) is 0 Å². The molecule has 0 atom stereocenters. The van der Waals surface area contributed by atoms with Crippen molar-refractivity contribution < 1.29 is 9.47 Å². The molecule has 32 heavy (non-hydrogen) atoms. The van der Waals surface area contributed by atoms with Crippen LogP contribution in [0.25, 0.3) is 0 Å². The molecule has 0 aromatic heterocycles. The van der Waals surface area contributed by atoms with Gasteiger partial charge in [-0.25, -0.2) is 0 Å². The first-order valence-corrected chi connectivity index (χ1v) is 12.7. The number of nitrogen functional groups attached to an aromatic ring is 2. The molecule has 0 radical (unpaired) electrons. The number of ether oxygens (including phenoxy) is 2. The van der Waals surface area contributed by atoms with E-state index in [2.05, 4.69) is 6.92 Å². The van der Waals surface area contributed by atoms with Crippen molar-refractivity contribution in [2.45, 2.75) is 96.8 Å². The molecule has 2 aromatic rings. The molecule has 0 saturated heterocycles. The van der Waals surface area contributed by atoms with E-state index in [9.17, 15) is 0 Å². The summed E-state index contributed by atoms with van der Waals surface area (Å²) >= 11 is 0. The van der Waals surface area contributed by atoms with Gasteiger partial charge in [0, 0.05) is 5.69 Å². The molecular formula is C28H44N2O2. The molecule has 0 bridgehead atoms. The van der Waals surface area contributed by atoms with Crippen LogP contribution in [0, 0.1) is 0 Å². The summed E-state index contributed by atoms with van der Waals surface area (Å²) in [6.45, 7) is 3.05. The van der Waals surface area contributed by atoms with Crippen LogP contribution >= 0.6 is 0 Å². The van der Waals surface area contributed by atoms with Crippen LogP contribution in [0.15, 0.2) is 42.5 Å². The van der Waals surface area contributed by atoms with Crippen molar-refractivity contribution >= 4 is 11.4 Å². The highest BCUT2D eigenvalue weighted by atomic mass is 16.5. The normalized spacial score (nSPS) is 10.9. The van der Waals surface area contributed by atoms with Gasteiger partial charge in [0.1, 0.15) is 17.2 Å². The van der Waals surface area contributed by atoms with Crippen LogP contribution in [0.4, 0.5) is 11.4 Å². The second-order valence-electron chi connectivity index (χ2n) is 8.82. The first kappa shape index (κ1) is 25.9. The van der Waals surface area contributed by atoms with Crippen LogP contribution in [0.5, 0.6) is 17.2 Å². The lowest BCUT2D eigenvalue weighted by molar-refractivity contribution is 0.304. The third-order valence-electron chi connectivity index (χ3n) is 5.85. The van der Waals surface area contributed by atoms with Gasteiger partial charge in [0.15, 0.2) is 0 Å². The fraction of sp³-hybridized carbons (Fsp3) is 0.571. The smallest absolute Gasteiger partial charge is 0.150 e. The summed E-state index contributed by atoms with van der Waals surface area (Å²) < 4.78 is 11.7. The minimum absolute atomic E-state index is 0.531. The van der Waals surface area contributed by atoms with E-state index in [-0.39, 0.29) is 0 Å². The molecule has 4 N–H and O–H groups in total. The largest absolute Gasteiger partial charge is 0.494 e. The number of unbranched alkanes of at least 4 members (excludes halogenated alkanes) is 13. The Hall–Kier alpha value is -2.36. The highest BCUT2D eigenvalue weighted by Gasteiger charge is 2.03. The van der Waals surface area contributed by atoms with E-state index < -0.39 is 0 Å². The minimum atomic E-state index is 0.531. The summed E-state index contributed by atoms with van der Waals surface area (Å²) in [5.74, 6) is 2.21. The van der Waals surface area contributed by atoms with Gasteiger partial charge in [0.05, 0.1) is 12.3 Å². The monoisotopic (exact) mass is 440 g/mol. The maximum Gasteiger partial charge on any atom is 0.150 e. The van der Waals surface area contributed by atoms with E-state index in [1.807, 2.05) is 24.3 Å². The van der Waals surface area contributed by atoms with E-state index in [4.69, 9.17) is 20.9 Å². The lowest BCUT2D eigenvalue weighted by Crippen LogP contribution is -1.97. The standard InChI is InChI=1S/C28H44N2O2/c1-2-3-4-5-6-7-8-9-10-11-12-13-14-15-22-31-25-17-19-26(20-18-25)32-28-21-16-24(29)23-27(28)30/h16-21,23H,2-15,22,29-30H2,1H3. The predicted octanol–water partition coefficient (Wildman–Crippen LogP) is 8.50. The lowest BCUT2D eigenvalue weighted by atomic mass is 10.0. The van der Waals surface area contributed by atoms with Gasteiger partial charge in [0.2, 0.25) is 0 Å². The average molecular weight is 441 g/mol. The zero-order valence-electron chi connectivity index (χ0n) is 20.1. The van der Waals surface area contributed by atoms with Gasteiger partial charge in [-0.3, -0.25) is 0 Å². The van der Waals surface area contributed by atoms with Gasteiger partial charge in [-0.2, -0.15) is 0 Å². The van der Waals surface area contributed by atoms with Crippen molar-refractivity contribution in [3.63, 3.8) is 0 Å². The van der Waals surface area contributed by atoms with Gasteiger partial charge < -0.3 is 20.9 Å². The van der Waals surface area contributed by atoms with Gasteiger partial charge in [-0.15, -0.1) is 0 Å². The fourth-order valence-electron chi connectivity index (χ4n) is 3.88. The third-order valence-corrected chi connectivity index (χ3v) is 5.85. The van der Waals surface area contributed by atoms with Crippen molar-refractivity contribution in [1.82, 2.24) is 0 Å². The van der Waals surface area contributed by atoms with E-state index in [0.717, 1.165) is 24.5 Å². The molecule has 0 saturated carbocycles. The molecule has 2 aromatic carbocycles. The number of benzene rings is 2. The van der Waals surface area contributed by atoms with Gasteiger partial charge in [-0.1, -0.05) is 90.4 Å². The first-order chi connectivity index (χ1) is 15.7. The molecule has 0 aliphatic heterocycles. The summed E-state index contributed by atoms with van der Waals surface area (Å²) in [7, 11) is 0. The summed E-state index contributed by atoms with van der Waals surface area (Å²) in [6, 6.07) is 12.9. The molecule has 0 aliphatic carbocycles. The Morgan fingerprint density at radius 3 is 1.62 bits per heavy atom. The van der Waals surface area contributed by atoms with Crippen LogP contribution in [-0.4, -0.2) is 6.61 Å². The number of anilines is 2. The van der Waals surface area contributed by atoms with Crippen molar-refractivity contribution in [3.05, 3.63) is 42.5 Å². The van der Waals surface area contributed by atoms with Gasteiger partial charge in [-0.05, 0) is 48.9 Å². The molecule has 0 heterocycles. The third kappa shape index (κ3) is 11.3. The van der Waals surface area contributed by atoms with Gasteiger partial charge in [0.25, 0.3) is 0 Å². The van der Waals surface area contributed by atoms with Crippen LogP contribution in [0.2, 0.25) is 0 Å². The van der Waals surface area contributed by atoms with Gasteiger partial charge >= 0.3 is 0 Å². The van der Waals surface area contributed by atoms with Crippen molar-refractivity contribution in [2.75, 3.05) is 18.1 Å². The molecule has 2 rings (SSSR count). The summed E-state index contributed by atoms with van der Waals surface area (Å²) in [5, 5.41) is 0. The van der Waals surface area contributed by atoms with Crippen molar-refractivity contribution in [2.24, 2.45) is 0 Å². The van der Waals surface area contributed by atoms with Crippen LogP contribution < -0.4 is 20.9 Å². The minimum Gasteiger partial charge on any atom is -0.494 e. The van der Waals surface area contributed by atoms with Crippen LogP contribution in [0.3, 0.4) is 0 Å². The average Bonchev–Trinajstić information content (AvgIpc) is 2.79. The number of nitrogens with two attached hydrogens (primary N) is 2. The second-order valence-corrected chi connectivity index (χ2v) is 8.82. The number of hydrogen-bond acceptors (Lipinski definition) is 4. The topological polar surface area (TPSA) is 70.5 Å². The quantitative estimate of drug-likeness (QED) is 0.180.